The van der Waals surface area contributed by atoms with Gasteiger partial charge in [-0.15, -0.1) is 0 Å². The molecule has 0 aliphatic carbocycles. The van der Waals surface area contributed by atoms with Crippen LogP contribution < -0.4 is 4.31 Å². The van der Waals surface area contributed by atoms with Crippen molar-refractivity contribution in [2.24, 2.45) is 0 Å². The minimum absolute atomic E-state index is 0.00523. The lowest BCUT2D eigenvalue weighted by molar-refractivity contribution is 0.0793. The SMILES string of the molecule is CS(=O)(=O)N1CCc2ccc(C(=O)N3CCCC3)cc21. The van der Waals surface area contributed by atoms with Gasteiger partial charge in [0.15, 0.2) is 0 Å². The summed E-state index contributed by atoms with van der Waals surface area (Å²) in [6.07, 6.45) is 4.01. The third kappa shape index (κ3) is 2.28. The van der Waals surface area contributed by atoms with Gasteiger partial charge in [0, 0.05) is 25.2 Å². The number of nitrogens with zero attached hydrogens (tertiary/aromatic N) is 2. The van der Waals surface area contributed by atoms with Gasteiger partial charge < -0.3 is 4.90 Å². The first kappa shape index (κ1) is 13.4. The first-order chi connectivity index (χ1) is 9.47. The van der Waals surface area contributed by atoms with Crippen molar-refractivity contribution in [2.45, 2.75) is 19.3 Å². The van der Waals surface area contributed by atoms with Gasteiger partial charge in [0.25, 0.3) is 5.91 Å². The van der Waals surface area contributed by atoms with Crippen LogP contribution in [0.4, 0.5) is 5.69 Å². The van der Waals surface area contributed by atoms with Crippen LogP contribution in [-0.4, -0.2) is 45.1 Å². The average Bonchev–Trinajstić information content (AvgIpc) is 3.05. The number of hydrogen-bond acceptors (Lipinski definition) is 3. The van der Waals surface area contributed by atoms with E-state index in [0.717, 1.165) is 31.5 Å². The van der Waals surface area contributed by atoms with Gasteiger partial charge in [-0.05, 0) is 37.0 Å². The van der Waals surface area contributed by atoms with E-state index in [4.69, 9.17) is 0 Å². The summed E-state index contributed by atoms with van der Waals surface area (Å²) in [5.41, 5.74) is 2.24. The minimum Gasteiger partial charge on any atom is -0.339 e. The normalized spacial score (nSPS) is 18.4. The molecule has 5 nitrogen and oxygen atoms in total. The van der Waals surface area contributed by atoms with Crippen LogP contribution in [0.1, 0.15) is 28.8 Å². The molecule has 0 saturated carbocycles. The number of benzene rings is 1. The fourth-order valence-electron chi connectivity index (χ4n) is 2.93. The molecule has 2 aliphatic rings. The summed E-state index contributed by atoms with van der Waals surface area (Å²) in [7, 11) is -3.27. The number of likely N-dealkylation sites (tertiary alicyclic amines) is 1. The van der Waals surface area contributed by atoms with Crippen molar-refractivity contribution in [1.82, 2.24) is 4.90 Å². The molecular formula is C14H18N2O3S. The molecule has 0 bridgehead atoms. The van der Waals surface area contributed by atoms with Crippen LogP contribution in [0.3, 0.4) is 0 Å². The molecule has 0 spiro atoms. The van der Waals surface area contributed by atoms with E-state index in [0.29, 0.717) is 24.2 Å². The topological polar surface area (TPSA) is 57.7 Å². The van der Waals surface area contributed by atoms with Gasteiger partial charge in [-0.2, -0.15) is 0 Å². The van der Waals surface area contributed by atoms with E-state index >= 15 is 0 Å². The lowest BCUT2D eigenvalue weighted by atomic mass is 10.1. The van der Waals surface area contributed by atoms with Crippen LogP contribution in [-0.2, 0) is 16.4 Å². The Morgan fingerprint density at radius 1 is 1.15 bits per heavy atom. The van der Waals surface area contributed by atoms with E-state index in [1.54, 1.807) is 6.07 Å². The van der Waals surface area contributed by atoms with E-state index in [1.165, 1.54) is 10.6 Å². The molecule has 1 amide bonds. The van der Waals surface area contributed by atoms with Gasteiger partial charge in [0.05, 0.1) is 11.9 Å². The highest BCUT2D eigenvalue weighted by Gasteiger charge is 2.28. The second-order valence-electron chi connectivity index (χ2n) is 5.43. The maximum Gasteiger partial charge on any atom is 0.253 e. The van der Waals surface area contributed by atoms with Crippen molar-refractivity contribution in [2.75, 3.05) is 30.2 Å². The lowest BCUT2D eigenvalue weighted by Crippen LogP contribution is -2.29. The third-order valence-electron chi connectivity index (χ3n) is 3.98. The zero-order valence-electron chi connectivity index (χ0n) is 11.5. The predicted molar refractivity (Wildman–Crippen MR) is 77.5 cm³/mol. The van der Waals surface area contributed by atoms with E-state index in [2.05, 4.69) is 0 Å². The maximum absolute atomic E-state index is 12.4. The fraction of sp³-hybridized carbons (Fsp3) is 0.500. The Hall–Kier alpha value is -1.56. The summed E-state index contributed by atoms with van der Waals surface area (Å²) < 4.78 is 24.9. The molecule has 0 N–H and O–H groups in total. The molecule has 1 fully saturated rings. The van der Waals surface area contributed by atoms with Gasteiger partial charge in [0.1, 0.15) is 0 Å². The molecule has 0 radical (unpaired) electrons. The van der Waals surface area contributed by atoms with Crippen LogP contribution in [0.25, 0.3) is 0 Å². The summed E-state index contributed by atoms with van der Waals surface area (Å²) in [5.74, 6) is 0.00523. The van der Waals surface area contributed by atoms with Crippen molar-refractivity contribution in [3.8, 4) is 0 Å². The fourth-order valence-corrected chi connectivity index (χ4v) is 3.88. The van der Waals surface area contributed by atoms with E-state index in [9.17, 15) is 13.2 Å². The summed E-state index contributed by atoms with van der Waals surface area (Å²) in [6.45, 7) is 2.06. The zero-order valence-corrected chi connectivity index (χ0v) is 12.3. The molecule has 0 aromatic heterocycles. The van der Waals surface area contributed by atoms with Gasteiger partial charge >= 0.3 is 0 Å². The van der Waals surface area contributed by atoms with E-state index in [-0.39, 0.29) is 5.91 Å². The quantitative estimate of drug-likeness (QED) is 0.824. The second-order valence-corrected chi connectivity index (χ2v) is 7.33. The highest BCUT2D eigenvalue weighted by molar-refractivity contribution is 7.92. The standard InChI is InChI=1S/C14H18N2O3S/c1-20(18,19)16-9-6-11-4-5-12(10-13(11)16)14(17)15-7-2-3-8-15/h4-5,10H,2-3,6-9H2,1H3. The van der Waals surface area contributed by atoms with Crippen molar-refractivity contribution < 1.29 is 13.2 Å². The summed E-state index contributed by atoms with van der Waals surface area (Å²) in [4.78, 5) is 14.2. The number of sulfonamides is 1. The Balaban J connectivity index is 1.94. The molecule has 1 saturated heterocycles. The van der Waals surface area contributed by atoms with Gasteiger partial charge in [0.2, 0.25) is 10.0 Å². The molecule has 1 aromatic carbocycles. The second kappa shape index (κ2) is 4.77. The molecular weight excluding hydrogens is 276 g/mol. The van der Waals surface area contributed by atoms with Crippen LogP contribution >= 0.6 is 0 Å². The molecule has 1 aromatic rings. The first-order valence-electron chi connectivity index (χ1n) is 6.87. The zero-order chi connectivity index (χ0) is 14.3. The molecule has 20 heavy (non-hydrogen) atoms. The Kier molecular flexibility index (Phi) is 3.20. The van der Waals surface area contributed by atoms with Crippen LogP contribution in [0.5, 0.6) is 0 Å². The molecule has 0 unspecified atom stereocenters. The molecule has 3 rings (SSSR count). The smallest absolute Gasteiger partial charge is 0.253 e. The third-order valence-corrected chi connectivity index (χ3v) is 5.16. The Bertz CT molecular complexity index is 648. The molecule has 6 heteroatoms. The van der Waals surface area contributed by atoms with Crippen LogP contribution in [0, 0.1) is 0 Å². The van der Waals surface area contributed by atoms with Crippen LogP contribution in [0.15, 0.2) is 18.2 Å². The molecule has 0 atom stereocenters. The van der Waals surface area contributed by atoms with E-state index in [1.807, 2.05) is 17.0 Å². The Morgan fingerprint density at radius 3 is 2.50 bits per heavy atom. The number of carbonyl (C=O) groups excluding carboxylic acids is 1. The molecule has 2 heterocycles. The molecule has 108 valence electrons. The number of hydrogen-bond donors (Lipinski definition) is 0. The van der Waals surface area contributed by atoms with E-state index < -0.39 is 10.0 Å². The largest absolute Gasteiger partial charge is 0.339 e. The first-order valence-corrected chi connectivity index (χ1v) is 8.71. The van der Waals surface area contributed by atoms with Crippen molar-refractivity contribution in [3.63, 3.8) is 0 Å². The Labute approximate surface area is 119 Å². The average molecular weight is 294 g/mol. The van der Waals surface area contributed by atoms with Crippen LogP contribution in [0.2, 0.25) is 0 Å². The predicted octanol–water partition coefficient (Wildman–Crippen LogP) is 1.24. The highest BCUT2D eigenvalue weighted by atomic mass is 32.2. The maximum atomic E-state index is 12.4. The summed E-state index contributed by atoms with van der Waals surface area (Å²) in [6, 6.07) is 5.42. The number of anilines is 1. The highest BCUT2D eigenvalue weighted by Crippen LogP contribution is 2.31. The van der Waals surface area contributed by atoms with Gasteiger partial charge in [-0.3, -0.25) is 9.10 Å². The summed E-state index contributed by atoms with van der Waals surface area (Å²) in [5, 5.41) is 0. The number of rotatable bonds is 2. The number of fused-ring (bicyclic) bond motifs is 1. The van der Waals surface area contributed by atoms with Crippen molar-refractivity contribution in [3.05, 3.63) is 29.3 Å². The molecule has 2 aliphatic heterocycles. The number of amides is 1. The van der Waals surface area contributed by atoms with Gasteiger partial charge in [-0.25, -0.2) is 8.42 Å². The number of carbonyl (C=O) groups is 1. The lowest BCUT2D eigenvalue weighted by Gasteiger charge is -2.19. The van der Waals surface area contributed by atoms with Crippen molar-refractivity contribution >= 4 is 21.6 Å². The summed E-state index contributed by atoms with van der Waals surface area (Å²) >= 11 is 0. The monoisotopic (exact) mass is 294 g/mol. The van der Waals surface area contributed by atoms with Gasteiger partial charge in [-0.1, -0.05) is 6.07 Å². The van der Waals surface area contributed by atoms with Crippen molar-refractivity contribution in [1.29, 1.82) is 0 Å². The Morgan fingerprint density at radius 2 is 1.85 bits per heavy atom. The minimum atomic E-state index is -3.27.